The summed E-state index contributed by atoms with van der Waals surface area (Å²) >= 11 is 1.71. The lowest BCUT2D eigenvalue weighted by Gasteiger charge is -2.11. The number of hydrogen-bond donors (Lipinski definition) is 2. The van der Waals surface area contributed by atoms with Crippen molar-refractivity contribution >= 4 is 43.8 Å². The molecule has 0 radical (unpaired) electrons. The number of rotatable bonds is 6. The second-order valence-corrected chi connectivity index (χ2v) is 8.23. The quantitative estimate of drug-likeness (QED) is 0.321. The molecule has 0 spiro atoms. The highest BCUT2D eigenvalue weighted by Crippen LogP contribution is 2.35. The van der Waals surface area contributed by atoms with Crippen molar-refractivity contribution in [1.29, 1.82) is 0 Å². The number of fused-ring (bicyclic) bond motifs is 2. The Morgan fingerprint density at radius 2 is 1.53 bits per heavy atom. The van der Waals surface area contributed by atoms with Gasteiger partial charge < -0.3 is 10.6 Å². The van der Waals surface area contributed by atoms with Crippen molar-refractivity contribution in [3.8, 4) is 10.4 Å². The molecule has 0 aliphatic rings. The van der Waals surface area contributed by atoms with Gasteiger partial charge in [-0.05, 0) is 30.0 Å². The summed E-state index contributed by atoms with van der Waals surface area (Å²) < 4.78 is 0. The van der Waals surface area contributed by atoms with E-state index in [1.54, 1.807) is 11.3 Å². The minimum Gasteiger partial charge on any atom is -0.383 e. The van der Waals surface area contributed by atoms with Gasteiger partial charge in [-0.15, -0.1) is 11.3 Å². The third-order valence-corrected chi connectivity index (χ3v) is 6.16. The Morgan fingerprint density at radius 1 is 0.767 bits per heavy atom. The zero-order valence-electron chi connectivity index (χ0n) is 16.7. The van der Waals surface area contributed by atoms with E-state index in [0.29, 0.717) is 0 Å². The molecule has 3 aromatic carbocycles. The zero-order chi connectivity index (χ0) is 20.3. The van der Waals surface area contributed by atoms with Gasteiger partial charge in [0.05, 0.1) is 5.39 Å². The first-order valence-electron chi connectivity index (χ1n) is 10.1. The van der Waals surface area contributed by atoms with E-state index >= 15 is 0 Å². The number of hydrogen-bond acceptors (Lipinski definition) is 5. The molecule has 30 heavy (non-hydrogen) atoms. The third kappa shape index (κ3) is 3.72. The summed E-state index contributed by atoms with van der Waals surface area (Å²) in [4.78, 5) is 11.5. The molecule has 5 heteroatoms. The van der Waals surface area contributed by atoms with E-state index in [1.807, 2.05) is 13.0 Å². The van der Waals surface area contributed by atoms with Crippen LogP contribution in [0.15, 0.2) is 78.9 Å². The number of nitrogens with one attached hydrogen (secondary N) is 2. The standard InChI is InChI=1S/C25H22N4S/c1-17-28-24(21-16-23(30-25(21)29-17)19-9-3-2-4-10-19)27-15-14-26-22-13-7-11-18-8-5-6-12-20(18)22/h2-13,16,26H,14-15H2,1H3,(H,27,28,29). The van der Waals surface area contributed by atoms with Gasteiger partial charge in [0.2, 0.25) is 0 Å². The fraction of sp³-hybridized carbons (Fsp3) is 0.120. The van der Waals surface area contributed by atoms with Crippen molar-refractivity contribution in [1.82, 2.24) is 9.97 Å². The Balaban J connectivity index is 1.33. The van der Waals surface area contributed by atoms with Crippen LogP contribution in [-0.4, -0.2) is 23.1 Å². The molecule has 0 saturated heterocycles. The molecule has 5 rings (SSSR count). The van der Waals surface area contributed by atoms with E-state index in [1.165, 1.54) is 21.2 Å². The van der Waals surface area contributed by atoms with Gasteiger partial charge in [-0.2, -0.15) is 0 Å². The van der Waals surface area contributed by atoms with Crippen LogP contribution in [0.5, 0.6) is 0 Å². The fourth-order valence-electron chi connectivity index (χ4n) is 3.67. The van der Waals surface area contributed by atoms with E-state index in [4.69, 9.17) is 0 Å². The largest absolute Gasteiger partial charge is 0.383 e. The molecule has 0 amide bonds. The van der Waals surface area contributed by atoms with Gasteiger partial charge in [-0.25, -0.2) is 9.97 Å². The predicted octanol–water partition coefficient (Wildman–Crippen LogP) is 6.34. The van der Waals surface area contributed by atoms with Gasteiger partial charge in [-0.3, -0.25) is 0 Å². The second-order valence-electron chi connectivity index (χ2n) is 7.20. The number of aryl methyl sites for hydroxylation is 1. The maximum Gasteiger partial charge on any atom is 0.138 e. The van der Waals surface area contributed by atoms with Crippen LogP contribution < -0.4 is 10.6 Å². The summed E-state index contributed by atoms with van der Waals surface area (Å²) in [5.41, 5.74) is 2.36. The Morgan fingerprint density at radius 3 is 2.43 bits per heavy atom. The van der Waals surface area contributed by atoms with Gasteiger partial charge in [0, 0.05) is 29.0 Å². The average molecular weight is 411 g/mol. The number of nitrogens with zero attached hydrogens (tertiary/aromatic N) is 2. The Kier molecular flexibility index (Phi) is 5.03. The molecule has 0 unspecified atom stereocenters. The van der Waals surface area contributed by atoms with Gasteiger partial charge in [0.1, 0.15) is 16.5 Å². The smallest absolute Gasteiger partial charge is 0.138 e. The van der Waals surface area contributed by atoms with Crippen molar-refractivity contribution in [2.75, 3.05) is 23.7 Å². The summed E-state index contributed by atoms with van der Waals surface area (Å²) in [7, 11) is 0. The second kappa shape index (κ2) is 8.13. The molecule has 0 fully saturated rings. The molecule has 0 aliphatic heterocycles. The lowest BCUT2D eigenvalue weighted by atomic mass is 10.1. The van der Waals surface area contributed by atoms with Crippen molar-refractivity contribution in [3.05, 3.63) is 84.7 Å². The van der Waals surface area contributed by atoms with Crippen molar-refractivity contribution in [2.24, 2.45) is 0 Å². The van der Waals surface area contributed by atoms with Crippen LogP contribution in [0.3, 0.4) is 0 Å². The van der Waals surface area contributed by atoms with Crippen molar-refractivity contribution in [3.63, 3.8) is 0 Å². The lowest BCUT2D eigenvalue weighted by molar-refractivity contribution is 1.04. The van der Waals surface area contributed by atoms with Gasteiger partial charge in [0.15, 0.2) is 0 Å². The first kappa shape index (κ1) is 18.6. The predicted molar refractivity (Wildman–Crippen MR) is 129 cm³/mol. The van der Waals surface area contributed by atoms with Crippen molar-refractivity contribution in [2.45, 2.75) is 6.92 Å². The van der Waals surface area contributed by atoms with E-state index in [-0.39, 0.29) is 0 Å². The topological polar surface area (TPSA) is 49.8 Å². The van der Waals surface area contributed by atoms with E-state index < -0.39 is 0 Å². The summed E-state index contributed by atoms with van der Waals surface area (Å²) in [6.45, 7) is 3.51. The van der Waals surface area contributed by atoms with Gasteiger partial charge >= 0.3 is 0 Å². The monoisotopic (exact) mass is 410 g/mol. The third-order valence-electron chi connectivity index (χ3n) is 5.09. The molecule has 2 N–H and O–H groups in total. The lowest BCUT2D eigenvalue weighted by Crippen LogP contribution is -2.15. The molecule has 148 valence electrons. The molecular weight excluding hydrogens is 388 g/mol. The summed E-state index contributed by atoms with van der Waals surface area (Å²) in [6.07, 6.45) is 0. The molecule has 0 bridgehead atoms. The maximum atomic E-state index is 4.66. The highest BCUT2D eigenvalue weighted by Gasteiger charge is 2.11. The minimum absolute atomic E-state index is 0.769. The van der Waals surface area contributed by atoms with E-state index in [2.05, 4.69) is 93.4 Å². The molecule has 5 aromatic rings. The molecule has 4 nitrogen and oxygen atoms in total. The first-order valence-corrected chi connectivity index (χ1v) is 10.9. The minimum atomic E-state index is 0.769. The Labute approximate surface area is 179 Å². The number of benzene rings is 3. The zero-order valence-corrected chi connectivity index (χ0v) is 17.5. The highest BCUT2D eigenvalue weighted by molar-refractivity contribution is 7.21. The molecule has 2 heterocycles. The van der Waals surface area contributed by atoms with E-state index in [0.717, 1.165) is 40.6 Å². The fourth-order valence-corrected chi connectivity index (χ4v) is 4.75. The number of aromatic nitrogens is 2. The van der Waals surface area contributed by atoms with Crippen LogP contribution in [0.2, 0.25) is 0 Å². The molecule has 0 atom stereocenters. The summed E-state index contributed by atoms with van der Waals surface area (Å²) in [6, 6.07) is 27.4. The van der Waals surface area contributed by atoms with Crippen LogP contribution in [-0.2, 0) is 0 Å². The summed E-state index contributed by atoms with van der Waals surface area (Å²) in [5.74, 6) is 1.68. The van der Waals surface area contributed by atoms with Crippen LogP contribution in [0.1, 0.15) is 5.82 Å². The van der Waals surface area contributed by atoms with Gasteiger partial charge in [-0.1, -0.05) is 66.7 Å². The van der Waals surface area contributed by atoms with Crippen molar-refractivity contribution < 1.29 is 0 Å². The van der Waals surface area contributed by atoms with Crippen LogP contribution >= 0.6 is 11.3 Å². The molecule has 2 aromatic heterocycles. The van der Waals surface area contributed by atoms with Crippen LogP contribution in [0.25, 0.3) is 31.4 Å². The molecular formula is C25H22N4S. The number of anilines is 2. The highest BCUT2D eigenvalue weighted by atomic mass is 32.1. The van der Waals surface area contributed by atoms with Gasteiger partial charge in [0.25, 0.3) is 0 Å². The SMILES string of the molecule is Cc1nc(NCCNc2cccc3ccccc23)c2cc(-c3ccccc3)sc2n1. The molecule has 0 aliphatic carbocycles. The number of thiophene rings is 1. The first-order chi connectivity index (χ1) is 14.8. The van der Waals surface area contributed by atoms with Crippen LogP contribution in [0, 0.1) is 6.92 Å². The van der Waals surface area contributed by atoms with E-state index in [9.17, 15) is 0 Å². The molecule has 0 saturated carbocycles. The normalized spacial score (nSPS) is 11.1. The maximum absolute atomic E-state index is 4.66. The Bertz CT molecular complexity index is 1310. The summed E-state index contributed by atoms with van der Waals surface area (Å²) in [5, 5.41) is 10.6. The van der Waals surface area contributed by atoms with Crippen LogP contribution in [0.4, 0.5) is 11.5 Å². The Hall–Kier alpha value is -3.44. The average Bonchev–Trinajstić information content (AvgIpc) is 3.21.